The lowest BCUT2D eigenvalue weighted by Crippen LogP contribution is -2.08. The Kier molecular flexibility index (Phi) is 2.86. The van der Waals surface area contributed by atoms with Gasteiger partial charge in [-0.15, -0.1) is 0 Å². The highest BCUT2D eigenvalue weighted by Crippen LogP contribution is 2.38. The van der Waals surface area contributed by atoms with Crippen LogP contribution in [-0.2, 0) is 6.18 Å². The Labute approximate surface area is 115 Å². The topological polar surface area (TPSA) is 48.9 Å². The molecule has 2 N–H and O–H groups in total. The smallest absolute Gasteiger partial charge is 0.419 e. The highest BCUT2D eigenvalue weighted by molar-refractivity contribution is 5.80. The normalized spacial score (nSPS) is 12.0. The zero-order valence-electron chi connectivity index (χ0n) is 10.4. The molecule has 2 aromatic carbocycles. The average molecular weight is 296 g/mol. The number of aromatic amines is 1. The molecule has 3 aromatic rings. The Morgan fingerprint density at radius 1 is 1.10 bits per heavy atom. The largest absolute Gasteiger partial charge is 0.507 e. The molecule has 0 saturated heterocycles. The number of halogens is 4. The van der Waals surface area contributed by atoms with Crippen molar-refractivity contribution in [3.05, 3.63) is 47.8 Å². The molecule has 0 radical (unpaired) electrons. The van der Waals surface area contributed by atoms with Gasteiger partial charge in [0.25, 0.3) is 0 Å². The molecule has 0 aliphatic rings. The number of nitrogens with zero attached hydrogens (tertiary/aromatic N) is 1. The summed E-state index contributed by atoms with van der Waals surface area (Å²) >= 11 is 0. The second-order valence-electron chi connectivity index (χ2n) is 4.45. The fourth-order valence-electron chi connectivity index (χ4n) is 2.05. The monoisotopic (exact) mass is 296 g/mol. The van der Waals surface area contributed by atoms with Crippen molar-refractivity contribution in [1.29, 1.82) is 0 Å². The molecule has 3 nitrogen and oxygen atoms in total. The second-order valence-corrected chi connectivity index (χ2v) is 4.45. The summed E-state index contributed by atoms with van der Waals surface area (Å²) in [6.45, 7) is 0. The van der Waals surface area contributed by atoms with Crippen molar-refractivity contribution in [3.63, 3.8) is 0 Å². The molecule has 0 bridgehead atoms. The molecule has 1 aromatic heterocycles. The molecule has 0 fully saturated rings. The van der Waals surface area contributed by atoms with Crippen molar-refractivity contribution >= 4 is 11.0 Å². The van der Waals surface area contributed by atoms with Gasteiger partial charge in [0.2, 0.25) is 0 Å². The van der Waals surface area contributed by atoms with Crippen molar-refractivity contribution in [2.45, 2.75) is 6.18 Å². The maximum Gasteiger partial charge on any atom is 0.419 e. The van der Waals surface area contributed by atoms with Gasteiger partial charge in [-0.2, -0.15) is 13.2 Å². The van der Waals surface area contributed by atoms with Gasteiger partial charge in [0.05, 0.1) is 22.2 Å². The molecule has 0 atom stereocenters. The minimum absolute atomic E-state index is 0.0409. The highest BCUT2D eigenvalue weighted by atomic mass is 19.4. The number of imidazole rings is 1. The van der Waals surface area contributed by atoms with E-state index in [4.69, 9.17) is 0 Å². The number of benzene rings is 2. The molecule has 7 heteroatoms. The molecular formula is C14H8F4N2O. The van der Waals surface area contributed by atoms with E-state index < -0.39 is 23.3 Å². The minimum atomic E-state index is -4.85. The highest BCUT2D eigenvalue weighted by Gasteiger charge is 2.35. The minimum Gasteiger partial charge on any atom is -0.507 e. The van der Waals surface area contributed by atoms with Crippen LogP contribution in [-0.4, -0.2) is 15.1 Å². The summed E-state index contributed by atoms with van der Waals surface area (Å²) in [6.07, 6.45) is -4.85. The lowest BCUT2D eigenvalue weighted by atomic mass is 10.1. The maximum atomic E-state index is 13.3. The first-order valence-electron chi connectivity index (χ1n) is 5.91. The van der Waals surface area contributed by atoms with Crippen molar-refractivity contribution in [1.82, 2.24) is 9.97 Å². The standard InChI is InChI=1S/C14H8F4N2O/c15-9-6-12(21)7(5-8(9)14(16,17)18)13-19-10-3-1-2-4-11(10)20-13/h1-6,21H,(H,19,20). The van der Waals surface area contributed by atoms with Gasteiger partial charge in [-0.05, 0) is 18.2 Å². The number of H-pyrrole nitrogens is 1. The van der Waals surface area contributed by atoms with Crippen molar-refractivity contribution in [3.8, 4) is 17.1 Å². The van der Waals surface area contributed by atoms with Crippen LogP contribution in [0.2, 0.25) is 0 Å². The van der Waals surface area contributed by atoms with Crippen LogP contribution in [0.1, 0.15) is 5.56 Å². The molecule has 0 amide bonds. The quantitative estimate of drug-likeness (QED) is 0.664. The fraction of sp³-hybridized carbons (Fsp3) is 0.0714. The predicted molar refractivity (Wildman–Crippen MR) is 68.2 cm³/mol. The molecule has 0 unspecified atom stereocenters. The number of hydrogen-bond donors (Lipinski definition) is 2. The van der Waals surface area contributed by atoms with Gasteiger partial charge in [-0.1, -0.05) is 12.1 Å². The molecule has 0 aliphatic carbocycles. The van der Waals surface area contributed by atoms with E-state index >= 15 is 0 Å². The number of rotatable bonds is 1. The summed E-state index contributed by atoms with van der Waals surface area (Å²) < 4.78 is 51.5. The van der Waals surface area contributed by atoms with Gasteiger partial charge in [0.1, 0.15) is 17.4 Å². The summed E-state index contributed by atoms with van der Waals surface area (Å²) in [5.41, 5.74) is -0.523. The zero-order valence-corrected chi connectivity index (χ0v) is 10.4. The van der Waals surface area contributed by atoms with Gasteiger partial charge < -0.3 is 10.1 Å². The van der Waals surface area contributed by atoms with Crippen LogP contribution in [0.15, 0.2) is 36.4 Å². The summed E-state index contributed by atoms with van der Waals surface area (Å²) in [4.78, 5) is 6.88. The van der Waals surface area contributed by atoms with Gasteiger partial charge in [-0.3, -0.25) is 0 Å². The van der Waals surface area contributed by atoms with Crippen LogP contribution in [0.5, 0.6) is 5.75 Å². The van der Waals surface area contributed by atoms with Crippen LogP contribution in [0, 0.1) is 5.82 Å². The average Bonchev–Trinajstić information content (AvgIpc) is 2.80. The third-order valence-corrected chi connectivity index (χ3v) is 3.04. The number of phenolic OH excluding ortho intramolecular Hbond substituents is 1. The predicted octanol–water partition coefficient (Wildman–Crippen LogP) is 4.09. The molecule has 21 heavy (non-hydrogen) atoms. The Bertz CT molecular complexity index is 790. The van der Waals surface area contributed by atoms with E-state index in [0.29, 0.717) is 23.2 Å². The number of fused-ring (bicyclic) bond motifs is 1. The van der Waals surface area contributed by atoms with Crippen LogP contribution in [0.25, 0.3) is 22.4 Å². The number of aromatic hydroxyl groups is 1. The maximum absolute atomic E-state index is 13.3. The van der Waals surface area contributed by atoms with Crippen LogP contribution < -0.4 is 0 Å². The van der Waals surface area contributed by atoms with Crippen LogP contribution in [0.3, 0.4) is 0 Å². The molecule has 0 saturated carbocycles. The van der Waals surface area contributed by atoms with E-state index in [2.05, 4.69) is 9.97 Å². The zero-order chi connectivity index (χ0) is 15.2. The number of para-hydroxylation sites is 2. The first kappa shape index (κ1) is 13.4. The van der Waals surface area contributed by atoms with Gasteiger partial charge in [-0.25, -0.2) is 9.37 Å². The van der Waals surface area contributed by atoms with E-state index in [9.17, 15) is 22.7 Å². The Morgan fingerprint density at radius 3 is 2.48 bits per heavy atom. The molecular weight excluding hydrogens is 288 g/mol. The number of phenols is 1. The Balaban J connectivity index is 2.22. The van der Waals surface area contributed by atoms with E-state index in [1.807, 2.05) is 0 Å². The Morgan fingerprint density at radius 2 is 1.81 bits per heavy atom. The lowest BCUT2D eigenvalue weighted by molar-refractivity contribution is -0.139. The summed E-state index contributed by atoms with van der Waals surface area (Å²) in [6, 6.07) is 7.79. The molecule has 3 rings (SSSR count). The summed E-state index contributed by atoms with van der Waals surface area (Å²) in [7, 11) is 0. The van der Waals surface area contributed by atoms with Crippen molar-refractivity contribution < 1.29 is 22.7 Å². The van der Waals surface area contributed by atoms with E-state index in [1.54, 1.807) is 24.3 Å². The van der Waals surface area contributed by atoms with Gasteiger partial charge in [0.15, 0.2) is 0 Å². The molecule has 1 heterocycles. The number of alkyl halides is 3. The number of aromatic nitrogens is 2. The SMILES string of the molecule is Oc1cc(F)c(C(F)(F)F)cc1-c1nc2ccccc2[nH]1. The first-order valence-corrected chi connectivity index (χ1v) is 5.91. The summed E-state index contributed by atoms with van der Waals surface area (Å²) in [5, 5.41) is 9.69. The van der Waals surface area contributed by atoms with E-state index in [-0.39, 0.29) is 11.4 Å². The van der Waals surface area contributed by atoms with Gasteiger partial charge >= 0.3 is 6.18 Å². The van der Waals surface area contributed by atoms with Crippen molar-refractivity contribution in [2.75, 3.05) is 0 Å². The lowest BCUT2D eigenvalue weighted by Gasteiger charge is -2.10. The Hall–Kier alpha value is -2.57. The molecule has 0 aliphatic heterocycles. The van der Waals surface area contributed by atoms with Crippen LogP contribution in [0.4, 0.5) is 17.6 Å². The first-order chi connectivity index (χ1) is 9.86. The number of hydrogen-bond acceptors (Lipinski definition) is 2. The van der Waals surface area contributed by atoms with Gasteiger partial charge in [0, 0.05) is 6.07 Å². The van der Waals surface area contributed by atoms with Crippen molar-refractivity contribution in [2.24, 2.45) is 0 Å². The molecule has 108 valence electrons. The molecule has 0 spiro atoms. The van der Waals surface area contributed by atoms with Crippen LogP contribution >= 0.6 is 0 Å². The third kappa shape index (κ3) is 2.31. The third-order valence-electron chi connectivity index (χ3n) is 3.04. The second kappa shape index (κ2) is 4.47. The van der Waals surface area contributed by atoms with E-state index in [1.165, 1.54) is 0 Å². The fourth-order valence-corrected chi connectivity index (χ4v) is 2.05. The summed E-state index contributed by atoms with van der Waals surface area (Å²) in [5.74, 6) is -2.10. The number of nitrogens with one attached hydrogen (secondary N) is 1. The van der Waals surface area contributed by atoms with E-state index in [0.717, 1.165) is 0 Å².